The summed E-state index contributed by atoms with van der Waals surface area (Å²) in [5.41, 5.74) is 1.16. The summed E-state index contributed by atoms with van der Waals surface area (Å²) in [5, 5.41) is 2.68. The lowest BCUT2D eigenvalue weighted by atomic mass is 10.1. The predicted octanol–water partition coefficient (Wildman–Crippen LogP) is 5.00. The SMILES string of the molecule is Cc1ccc(CC(=O)Nc2ccc(S(=O)(=O)Nc3cccc(C(F)(F)F)c3)cc2)cc1. The largest absolute Gasteiger partial charge is 0.416 e. The molecule has 162 valence electrons. The maximum atomic E-state index is 12.8. The average Bonchev–Trinajstić information content (AvgIpc) is 2.69. The van der Waals surface area contributed by atoms with Crippen molar-refractivity contribution in [2.45, 2.75) is 24.4 Å². The van der Waals surface area contributed by atoms with E-state index in [2.05, 4.69) is 10.0 Å². The molecule has 0 aliphatic carbocycles. The van der Waals surface area contributed by atoms with Gasteiger partial charge in [0.2, 0.25) is 5.91 Å². The molecule has 0 aliphatic heterocycles. The molecule has 0 saturated heterocycles. The molecule has 31 heavy (non-hydrogen) atoms. The van der Waals surface area contributed by atoms with Gasteiger partial charge in [0.05, 0.1) is 16.9 Å². The summed E-state index contributed by atoms with van der Waals surface area (Å²) >= 11 is 0. The first-order valence-corrected chi connectivity index (χ1v) is 10.7. The van der Waals surface area contributed by atoms with Gasteiger partial charge in [-0.1, -0.05) is 35.9 Å². The minimum atomic E-state index is -4.58. The Labute approximate surface area is 178 Å². The smallest absolute Gasteiger partial charge is 0.326 e. The van der Waals surface area contributed by atoms with Crippen molar-refractivity contribution in [3.8, 4) is 0 Å². The fourth-order valence-corrected chi connectivity index (χ4v) is 3.84. The van der Waals surface area contributed by atoms with Gasteiger partial charge in [0.1, 0.15) is 0 Å². The number of hydrogen-bond donors (Lipinski definition) is 2. The van der Waals surface area contributed by atoms with Crippen LogP contribution in [0.4, 0.5) is 24.5 Å². The van der Waals surface area contributed by atoms with Gasteiger partial charge in [0, 0.05) is 11.4 Å². The molecule has 0 fully saturated rings. The van der Waals surface area contributed by atoms with Gasteiger partial charge >= 0.3 is 6.18 Å². The number of rotatable bonds is 6. The maximum absolute atomic E-state index is 12.8. The standard InChI is InChI=1S/C22H19F3N2O3S/c1-15-5-7-16(8-6-15)13-21(28)26-18-9-11-20(12-10-18)31(29,30)27-19-4-2-3-17(14-19)22(23,24)25/h2-12,14,27H,13H2,1H3,(H,26,28). The number of sulfonamides is 1. The number of nitrogens with one attached hydrogen (secondary N) is 2. The Hall–Kier alpha value is -3.33. The van der Waals surface area contributed by atoms with Gasteiger partial charge in [-0.2, -0.15) is 13.2 Å². The van der Waals surface area contributed by atoms with E-state index in [1.54, 1.807) is 0 Å². The molecule has 0 spiro atoms. The second kappa shape index (κ2) is 8.81. The zero-order valence-corrected chi connectivity index (χ0v) is 17.2. The molecule has 0 bridgehead atoms. The molecule has 9 heteroatoms. The summed E-state index contributed by atoms with van der Waals surface area (Å²) in [6.45, 7) is 1.95. The Morgan fingerprint density at radius 3 is 2.16 bits per heavy atom. The van der Waals surface area contributed by atoms with Crippen molar-refractivity contribution < 1.29 is 26.4 Å². The molecule has 5 nitrogen and oxygen atoms in total. The number of anilines is 2. The molecular formula is C22H19F3N2O3S. The number of carbonyl (C=O) groups is 1. The monoisotopic (exact) mass is 448 g/mol. The minimum Gasteiger partial charge on any atom is -0.326 e. The molecule has 3 rings (SSSR count). The molecule has 3 aromatic rings. The number of alkyl halides is 3. The van der Waals surface area contributed by atoms with Gasteiger partial charge in [-0.05, 0) is 55.0 Å². The second-order valence-electron chi connectivity index (χ2n) is 6.92. The van der Waals surface area contributed by atoms with Crippen molar-refractivity contribution in [3.05, 3.63) is 89.5 Å². The van der Waals surface area contributed by atoms with Crippen LogP contribution in [-0.2, 0) is 27.4 Å². The fraction of sp³-hybridized carbons (Fsp3) is 0.136. The van der Waals surface area contributed by atoms with Crippen LogP contribution in [0, 0.1) is 6.92 Å². The molecule has 2 N–H and O–H groups in total. The first-order chi connectivity index (χ1) is 14.5. The summed E-state index contributed by atoms with van der Waals surface area (Å²) in [6, 6.07) is 16.8. The second-order valence-corrected chi connectivity index (χ2v) is 8.60. The van der Waals surface area contributed by atoms with Gasteiger partial charge in [-0.3, -0.25) is 9.52 Å². The highest BCUT2D eigenvalue weighted by atomic mass is 32.2. The first-order valence-electron chi connectivity index (χ1n) is 9.18. The molecule has 0 heterocycles. The summed E-state index contributed by atoms with van der Waals surface area (Å²) in [5.74, 6) is -0.262. The van der Waals surface area contributed by atoms with Crippen LogP contribution in [0.2, 0.25) is 0 Å². The quantitative estimate of drug-likeness (QED) is 0.558. The Kier molecular flexibility index (Phi) is 6.35. The third kappa shape index (κ3) is 6.08. The van der Waals surface area contributed by atoms with Crippen molar-refractivity contribution in [1.82, 2.24) is 0 Å². The van der Waals surface area contributed by atoms with E-state index in [-0.39, 0.29) is 22.9 Å². The van der Waals surface area contributed by atoms with Gasteiger partial charge in [0.25, 0.3) is 10.0 Å². The Morgan fingerprint density at radius 1 is 0.903 bits per heavy atom. The number of amides is 1. The van der Waals surface area contributed by atoms with Crippen LogP contribution >= 0.6 is 0 Å². The molecular weight excluding hydrogens is 429 g/mol. The van der Waals surface area contributed by atoms with Crippen LogP contribution in [-0.4, -0.2) is 14.3 Å². The summed E-state index contributed by atoms with van der Waals surface area (Å²) in [7, 11) is -4.10. The van der Waals surface area contributed by atoms with E-state index in [9.17, 15) is 26.4 Å². The fourth-order valence-electron chi connectivity index (χ4n) is 2.79. The van der Waals surface area contributed by atoms with Gasteiger partial charge in [-0.25, -0.2) is 8.42 Å². The average molecular weight is 448 g/mol. The van der Waals surface area contributed by atoms with E-state index in [1.807, 2.05) is 31.2 Å². The molecule has 0 aliphatic rings. The van der Waals surface area contributed by atoms with Gasteiger partial charge in [-0.15, -0.1) is 0 Å². The van der Waals surface area contributed by atoms with E-state index < -0.39 is 21.8 Å². The zero-order chi connectivity index (χ0) is 22.6. The molecule has 3 aromatic carbocycles. The number of aryl methyl sites for hydroxylation is 1. The summed E-state index contributed by atoms with van der Waals surface area (Å²) in [4.78, 5) is 12.0. The highest BCUT2D eigenvalue weighted by Crippen LogP contribution is 2.31. The molecule has 1 amide bonds. The Bertz CT molecular complexity index is 1170. The van der Waals surface area contributed by atoms with Crippen molar-refractivity contribution in [2.24, 2.45) is 0 Å². The van der Waals surface area contributed by atoms with Crippen molar-refractivity contribution in [3.63, 3.8) is 0 Å². The normalized spacial score (nSPS) is 11.7. The summed E-state index contributed by atoms with van der Waals surface area (Å²) < 4.78 is 65.5. The lowest BCUT2D eigenvalue weighted by Crippen LogP contribution is -2.15. The third-order valence-corrected chi connectivity index (χ3v) is 5.77. The highest BCUT2D eigenvalue weighted by Gasteiger charge is 2.30. The van der Waals surface area contributed by atoms with Crippen LogP contribution in [0.25, 0.3) is 0 Å². The van der Waals surface area contributed by atoms with E-state index in [1.165, 1.54) is 30.3 Å². The van der Waals surface area contributed by atoms with Crippen LogP contribution in [0.3, 0.4) is 0 Å². The number of halogens is 3. The van der Waals surface area contributed by atoms with Crippen molar-refractivity contribution >= 4 is 27.3 Å². The van der Waals surface area contributed by atoms with E-state index in [0.717, 1.165) is 29.3 Å². The van der Waals surface area contributed by atoms with Crippen molar-refractivity contribution in [1.29, 1.82) is 0 Å². The van der Waals surface area contributed by atoms with Crippen LogP contribution < -0.4 is 10.0 Å². The molecule has 0 aromatic heterocycles. The lowest BCUT2D eigenvalue weighted by Gasteiger charge is -2.12. The van der Waals surface area contributed by atoms with E-state index >= 15 is 0 Å². The van der Waals surface area contributed by atoms with Crippen LogP contribution in [0.5, 0.6) is 0 Å². The van der Waals surface area contributed by atoms with Crippen molar-refractivity contribution in [2.75, 3.05) is 10.0 Å². The Balaban J connectivity index is 1.67. The van der Waals surface area contributed by atoms with Gasteiger partial charge < -0.3 is 5.32 Å². The topological polar surface area (TPSA) is 75.3 Å². The maximum Gasteiger partial charge on any atom is 0.416 e. The van der Waals surface area contributed by atoms with Crippen LogP contribution in [0.1, 0.15) is 16.7 Å². The highest BCUT2D eigenvalue weighted by molar-refractivity contribution is 7.92. The molecule has 0 atom stereocenters. The predicted molar refractivity (Wildman–Crippen MR) is 112 cm³/mol. The Morgan fingerprint density at radius 2 is 1.55 bits per heavy atom. The first kappa shape index (κ1) is 22.4. The van der Waals surface area contributed by atoms with Crippen LogP contribution in [0.15, 0.2) is 77.7 Å². The van der Waals surface area contributed by atoms with E-state index in [4.69, 9.17) is 0 Å². The molecule has 0 radical (unpaired) electrons. The third-order valence-electron chi connectivity index (χ3n) is 4.38. The van der Waals surface area contributed by atoms with Gasteiger partial charge in [0.15, 0.2) is 0 Å². The summed E-state index contributed by atoms with van der Waals surface area (Å²) in [6.07, 6.45) is -4.42. The number of carbonyl (C=O) groups excluding carboxylic acids is 1. The number of hydrogen-bond acceptors (Lipinski definition) is 3. The zero-order valence-electron chi connectivity index (χ0n) is 16.4. The minimum absolute atomic E-state index is 0.151. The number of benzene rings is 3. The molecule has 0 saturated carbocycles. The van der Waals surface area contributed by atoms with E-state index in [0.29, 0.717) is 5.69 Å². The molecule has 0 unspecified atom stereocenters. The lowest BCUT2D eigenvalue weighted by molar-refractivity contribution is -0.137.